The third kappa shape index (κ3) is 9.61. The number of ether oxygens (including phenoxy) is 3. The van der Waals surface area contributed by atoms with Crippen LogP contribution in [0, 0.1) is 0 Å². The van der Waals surface area contributed by atoms with E-state index in [0.29, 0.717) is 19.4 Å². The summed E-state index contributed by atoms with van der Waals surface area (Å²) in [5.41, 5.74) is 0. The summed E-state index contributed by atoms with van der Waals surface area (Å²) in [7, 11) is 0. The quantitative estimate of drug-likeness (QED) is 0.235. The summed E-state index contributed by atoms with van der Waals surface area (Å²) in [6.07, 6.45) is 2.89. The Morgan fingerprint density at radius 2 is 2.00 bits per heavy atom. The van der Waals surface area contributed by atoms with Crippen LogP contribution < -0.4 is 0 Å². The zero-order valence-corrected chi connectivity index (χ0v) is 11.5. The molecule has 0 heterocycles. The molecule has 19 heavy (non-hydrogen) atoms. The lowest BCUT2D eigenvalue weighted by molar-refractivity contribution is -0.228. The Morgan fingerprint density at radius 1 is 1.32 bits per heavy atom. The molecule has 0 aromatic carbocycles. The van der Waals surface area contributed by atoms with Crippen molar-refractivity contribution in [2.75, 3.05) is 33.0 Å². The van der Waals surface area contributed by atoms with E-state index in [2.05, 4.69) is 6.58 Å². The van der Waals surface area contributed by atoms with E-state index in [9.17, 15) is 9.90 Å². The van der Waals surface area contributed by atoms with E-state index in [1.165, 1.54) is 0 Å². The molecule has 2 N–H and O–H groups in total. The predicted molar refractivity (Wildman–Crippen MR) is 69.5 cm³/mol. The van der Waals surface area contributed by atoms with Gasteiger partial charge in [0, 0.05) is 12.5 Å². The first kappa shape index (κ1) is 18.0. The molecule has 0 aliphatic rings. The normalized spacial score (nSPS) is 13.8. The standard InChI is InChI=1S/C13H24O6/c1-3-5-6-13(16,19-12(15)4-2)11-18-10-9-17-8-7-14/h4,14,16H,2-3,5-11H2,1H3. The van der Waals surface area contributed by atoms with Crippen molar-refractivity contribution in [1.29, 1.82) is 0 Å². The Hall–Kier alpha value is -0.950. The lowest BCUT2D eigenvalue weighted by Crippen LogP contribution is -2.40. The van der Waals surface area contributed by atoms with E-state index >= 15 is 0 Å². The van der Waals surface area contributed by atoms with Crippen molar-refractivity contribution in [1.82, 2.24) is 0 Å². The molecule has 0 radical (unpaired) electrons. The van der Waals surface area contributed by atoms with Gasteiger partial charge in [-0.2, -0.15) is 0 Å². The van der Waals surface area contributed by atoms with Crippen molar-refractivity contribution in [3.8, 4) is 0 Å². The molecule has 0 amide bonds. The van der Waals surface area contributed by atoms with Crippen LogP contribution in [0.25, 0.3) is 0 Å². The second-order valence-electron chi connectivity index (χ2n) is 4.06. The average Bonchev–Trinajstić information content (AvgIpc) is 2.40. The van der Waals surface area contributed by atoms with Crippen LogP contribution in [0.3, 0.4) is 0 Å². The van der Waals surface area contributed by atoms with E-state index < -0.39 is 11.8 Å². The van der Waals surface area contributed by atoms with Crippen molar-refractivity contribution in [2.24, 2.45) is 0 Å². The average molecular weight is 276 g/mol. The predicted octanol–water partition coefficient (Wildman–Crippen LogP) is 0.620. The number of unbranched alkanes of at least 4 members (excludes halogenated alkanes) is 1. The Morgan fingerprint density at radius 3 is 2.58 bits per heavy atom. The zero-order valence-electron chi connectivity index (χ0n) is 11.5. The Labute approximate surface area is 114 Å². The lowest BCUT2D eigenvalue weighted by Gasteiger charge is -2.27. The maximum atomic E-state index is 11.2. The monoisotopic (exact) mass is 276 g/mol. The van der Waals surface area contributed by atoms with Gasteiger partial charge in [0.2, 0.25) is 5.79 Å². The molecule has 112 valence electrons. The fraction of sp³-hybridized carbons (Fsp3) is 0.769. The molecule has 0 fully saturated rings. The molecule has 0 aromatic heterocycles. The van der Waals surface area contributed by atoms with Crippen molar-refractivity contribution in [3.05, 3.63) is 12.7 Å². The van der Waals surface area contributed by atoms with E-state index in [4.69, 9.17) is 19.3 Å². The maximum Gasteiger partial charge on any atom is 0.332 e. The molecule has 1 atom stereocenters. The fourth-order valence-electron chi connectivity index (χ4n) is 1.35. The van der Waals surface area contributed by atoms with E-state index in [1.54, 1.807) is 0 Å². The van der Waals surface area contributed by atoms with Crippen LogP contribution in [-0.4, -0.2) is 55.0 Å². The summed E-state index contributed by atoms with van der Waals surface area (Å²) in [4.78, 5) is 11.2. The Balaban J connectivity index is 4.03. The smallest absolute Gasteiger partial charge is 0.332 e. The maximum absolute atomic E-state index is 11.2. The lowest BCUT2D eigenvalue weighted by atomic mass is 10.1. The van der Waals surface area contributed by atoms with Crippen LogP contribution in [0.5, 0.6) is 0 Å². The molecular weight excluding hydrogens is 252 g/mol. The molecule has 6 nitrogen and oxygen atoms in total. The van der Waals surface area contributed by atoms with E-state index in [-0.39, 0.29) is 26.4 Å². The van der Waals surface area contributed by atoms with Gasteiger partial charge in [-0.1, -0.05) is 19.9 Å². The molecule has 6 heteroatoms. The number of hydrogen-bond acceptors (Lipinski definition) is 6. The molecule has 0 aliphatic carbocycles. The minimum atomic E-state index is -1.63. The summed E-state index contributed by atoms with van der Waals surface area (Å²) < 4.78 is 15.1. The van der Waals surface area contributed by atoms with Crippen molar-refractivity contribution in [3.63, 3.8) is 0 Å². The highest BCUT2D eigenvalue weighted by Crippen LogP contribution is 2.17. The van der Waals surface area contributed by atoms with Gasteiger partial charge in [-0.25, -0.2) is 4.79 Å². The number of aliphatic hydroxyl groups is 2. The zero-order chi connectivity index (χ0) is 14.6. The third-order valence-electron chi connectivity index (χ3n) is 2.31. The van der Waals surface area contributed by atoms with Crippen LogP contribution in [0.15, 0.2) is 12.7 Å². The van der Waals surface area contributed by atoms with Gasteiger partial charge in [0.1, 0.15) is 6.61 Å². The Kier molecular flexibility index (Phi) is 10.4. The number of carbonyl (C=O) groups is 1. The molecular formula is C13H24O6. The minimum absolute atomic E-state index is 0.0443. The van der Waals surface area contributed by atoms with Crippen LogP contribution in [0.1, 0.15) is 26.2 Å². The van der Waals surface area contributed by atoms with Gasteiger partial charge < -0.3 is 24.4 Å². The van der Waals surface area contributed by atoms with Crippen LogP contribution >= 0.6 is 0 Å². The minimum Gasteiger partial charge on any atom is -0.428 e. The SMILES string of the molecule is C=CC(=O)OC(O)(CCCC)COCCOCCO. The molecule has 0 saturated heterocycles. The van der Waals surface area contributed by atoms with Crippen molar-refractivity contribution in [2.45, 2.75) is 32.0 Å². The van der Waals surface area contributed by atoms with Gasteiger partial charge >= 0.3 is 5.97 Å². The second-order valence-corrected chi connectivity index (χ2v) is 4.06. The summed E-state index contributed by atoms with van der Waals surface area (Å²) in [6.45, 7) is 5.90. The van der Waals surface area contributed by atoms with Gasteiger partial charge in [-0.15, -0.1) is 0 Å². The number of esters is 1. The van der Waals surface area contributed by atoms with Crippen molar-refractivity contribution < 1.29 is 29.2 Å². The number of hydrogen-bond donors (Lipinski definition) is 2. The highest BCUT2D eigenvalue weighted by Gasteiger charge is 2.30. The van der Waals surface area contributed by atoms with Crippen molar-refractivity contribution >= 4 is 5.97 Å². The van der Waals surface area contributed by atoms with Gasteiger partial charge in [0.05, 0.1) is 26.4 Å². The Bertz CT molecular complexity index is 256. The highest BCUT2D eigenvalue weighted by molar-refractivity contribution is 5.81. The fourth-order valence-corrected chi connectivity index (χ4v) is 1.35. The largest absolute Gasteiger partial charge is 0.428 e. The highest BCUT2D eigenvalue weighted by atomic mass is 16.7. The molecule has 0 saturated carbocycles. The van der Waals surface area contributed by atoms with Crippen LogP contribution in [0.4, 0.5) is 0 Å². The van der Waals surface area contributed by atoms with E-state index in [0.717, 1.165) is 12.5 Å². The first-order valence-corrected chi connectivity index (χ1v) is 6.42. The van der Waals surface area contributed by atoms with Gasteiger partial charge in [-0.05, 0) is 6.42 Å². The van der Waals surface area contributed by atoms with E-state index in [1.807, 2.05) is 6.92 Å². The summed E-state index contributed by atoms with van der Waals surface area (Å²) >= 11 is 0. The topological polar surface area (TPSA) is 85.2 Å². The number of aliphatic hydroxyl groups excluding tert-OH is 1. The van der Waals surface area contributed by atoms with Crippen LogP contribution in [0.2, 0.25) is 0 Å². The van der Waals surface area contributed by atoms with Crippen LogP contribution in [-0.2, 0) is 19.0 Å². The first-order chi connectivity index (χ1) is 9.08. The number of carbonyl (C=O) groups excluding carboxylic acids is 1. The van der Waals surface area contributed by atoms with Gasteiger partial charge in [0.15, 0.2) is 0 Å². The summed E-state index contributed by atoms with van der Waals surface area (Å²) in [5.74, 6) is -2.31. The summed E-state index contributed by atoms with van der Waals surface area (Å²) in [6, 6.07) is 0. The summed E-state index contributed by atoms with van der Waals surface area (Å²) in [5, 5.41) is 18.7. The van der Waals surface area contributed by atoms with Gasteiger partial charge in [0.25, 0.3) is 0 Å². The first-order valence-electron chi connectivity index (χ1n) is 6.42. The molecule has 0 bridgehead atoms. The van der Waals surface area contributed by atoms with Gasteiger partial charge in [-0.3, -0.25) is 0 Å². The molecule has 0 aromatic rings. The molecule has 0 spiro atoms. The molecule has 1 unspecified atom stereocenters. The molecule has 0 aliphatic heterocycles. The number of rotatable bonds is 12. The second kappa shape index (κ2) is 10.9. The third-order valence-corrected chi connectivity index (χ3v) is 2.31. The molecule has 0 rings (SSSR count).